The summed E-state index contributed by atoms with van der Waals surface area (Å²) in [6.45, 7) is 0.623. The Morgan fingerprint density at radius 1 is 1.06 bits per heavy atom. The van der Waals surface area contributed by atoms with Crippen LogP contribution in [0.2, 0.25) is 0 Å². The number of aromatic amines is 1. The van der Waals surface area contributed by atoms with E-state index in [0.717, 1.165) is 23.3 Å². The van der Waals surface area contributed by atoms with Crippen molar-refractivity contribution >= 4 is 46.6 Å². The van der Waals surface area contributed by atoms with E-state index in [9.17, 15) is 0 Å². The first-order valence-electron chi connectivity index (χ1n) is 5.45. The number of benzene rings is 2. The fourth-order valence-corrected chi connectivity index (χ4v) is 2.05. The van der Waals surface area contributed by atoms with E-state index in [0.29, 0.717) is 6.54 Å². The molecule has 96 valence electrons. The zero-order valence-electron chi connectivity index (χ0n) is 9.72. The zero-order chi connectivity index (χ0) is 11.0. The van der Waals surface area contributed by atoms with Gasteiger partial charge in [-0.25, -0.2) is 4.98 Å². The predicted octanol–water partition coefficient (Wildman–Crippen LogP) is 3.06. The number of fused-ring (bicyclic) bond motifs is 3. The summed E-state index contributed by atoms with van der Waals surface area (Å²) in [4.78, 5) is 7.89. The molecule has 3 aromatic rings. The van der Waals surface area contributed by atoms with Crippen LogP contribution in [0.1, 0.15) is 5.82 Å². The van der Waals surface area contributed by atoms with Gasteiger partial charge < -0.3 is 10.7 Å². The van der Waals surface area contributed by atoms with Gasteiger partial charge in [-0.1, -0.05) is 30.3 Å². The molecule has 3 rings (SSSR count). The minimum Gasteiger partial charge on any atom is -0.342 e. The maximum Gasteiger partial charge on any atom is 0.108 e. The lowest BCUT2D eigenvalue weighted by Crippen LogP contribution is -2.03. The van der Waals surface area contributed by atoms with Gasteiger partial charge in [0, 0.05) is 11.8 Å². The molecule has 0 bridgehead atoms. The SMILES string of the molecule is Cl.Cl.NCCc1nc2c(ccc3ccccc32)[nH]1. The van der Waals surface area contributed by atoms with Gasteiger partial charge in [-0.2, -0.15) is 0 Å². The van der Waals surface area contributed by atoms with E-state index in [1.54, 1.807) is 0 Å². The van der Waals surface area contributed by atoms with Gasteiger partial charge in [0.25, 0.3) is 0 Å². The second-order valence-electron chi connectivity index (χ2n) is 3.91. The zero-order valence-corrected chi connectivity index (χ0v) is 11.4. The summed E-state index contributed by atoms with van der Waals surface area (Å²) in [5, 5.41) is 2.42. The molecule has 5 heteroatoms. The van der Waals surface area contributed by atoms with E-state index in [4.69, 9.17) is 5.73 Å². The Kier molecular flexibility index (Phi) is 4.96. The highest BCUT2D eigenvalue weighted by molar-refractivity contribution is 6.04. The van der Waals surface area contributed by atoms with Crippen LogP contribution in [0.15, 0.2) is 36.4 Å². The van der Waals surface area contributed by atoms with Crippen molar-refractivity contribution in [3.8, 4) is 0 Å². The average molecular weight is 284 g/mol. The number of aromatic nitrogens is 2. The summed E-state index contributed by atoms with van der Waals surface area (Å²) >= 11 is 0. The molecule has 0 spiro atoms. The van der Waals surface area contributed by atoms with Gasteiger partial charge in [-0.05, 0) is 18.0 Å². The summed E-state index contributed by atoms with van der Waals surface area (Å²) in [6, 6.07) is 12.5. The molecule has 2 aromatic carbocycles. The number of imidazole rings is 1. The Bertz CT molecular complexity index is 649. The number of H-pyrrole nitrogens is 1. The van der Waals surface area contributed by atoms with Crippen molar-refractivity contribution < 1.29 is 0 Å². The predicted molar refractivity (Wildman–Crippen MR) is 80.9 cm³/mol. The summed E-state index contributed by atoms with van der Waals surface area (Å²) in [6.07, 6.45) is 0.795. The molecule has 18 heavy (non-hydrogen) atoms. The van der Waals surface area contributed by atoms with Crippen LogP contribution in [-0.2, 0) is 6.42 Å². The Hall–Kier alpha value is -1.29. The van der Waals surface area contributed by atoms with E-state index in [-0.39, 0.29) is 24.8 Å². The standard InChI is InChI=1S/C13H13N3.2ClH/c14-8-7-12-15-11-6-5-9-3-1-2-4-10(9)13(11)16-12;;/h1-6H,7-8,14H2,(H,15,16);2*1H. The van der Waals surface area contributed by atoms with Crippen LogP contribution >= 0.6 is 24.8 Å². The molecule has 3 N–H and O–H groups in total. The molecule has 0 radical (unpaired) electrons. The number of halogens is 2. The second kappa shape index (κ2) is 6.05. The summed E-state index contributed by atoms with van der Waals surface area (Å²) in [5.41, 5.74) is 7.66. The average Bonchev–Trinajstić information content (AvgIpc) is 2.72. The molecule has 0 atom stereocenters. The van der Waals surface area contributed by atoms with Crippen LogP contribution in [0.3, 0.4) is 0 Å². The minimum atomic E-state index is 0. The van der Waals surface area contributed by atoms with Gasteiger partial charge in [-0.15, -0.1) is 24.8 Å². The number of hydrogen-bond donors (Lipinski definition) is 2. The van der Waals surface area contributed by atoms with E-state index in [2.05, 4.69) is 34.2 Å². The summed E-state index contributed by atoms with van der Waals surface area (Å²) in [5.74, 6) is 0.967. The van der Waals surface area contributed by atoms with Crippen LogP contribution in [0, 0.1) is 0 Å². The fraction of sp³-hybridized carbons (Fsp3) is 0.154. The van der Waals surface area contributed by atoms with Crippen molar-refractivity contribution in [1.29, 1.82) is 0 Å². The van der Waals surface area contributed by atoms with Gasteiger partial charge in [0.05, 0.1) is 11.0 Å². The number of nitrogens with one attached hydrogen (secondary N) is 1. The number of nitrogens with two attached hydrogens (primary N) is 1. The first kappa shape index (κ1) is 14.8. The van der Waals surface area contributed by atoms with Crippen molar-refractivity contribution in [1.82, 2.24) is 9.97 Å². The fourth-order valence-electron chi connectivity index (χ4n) is 2.05. The van der Waals surface area contributed by atoms with Gasteiger partial charge in [0.2, 0.25) is 0 Å². The maximum atomic E-state index is 5.54. The van der Waals surface area contributed by atoms with Crippen LogP contribution in [0.25, 0.3) is 21.8 Å². The van der Waals surface area contributed by atoms with Gasteiger partial charge in [0.15, 0.2) is 0 Å². The molecule has 0 aliphatic carbocycles. The highest BCUT2D eigenvalue weighted by Crippen LogP contribution is 2.23. The van der Waals surface area contributed by atoms with E-state index < -0.39 is 0 Å². The molecule has 0 fully saturated rings. The number of nitrogens with zero attached hydrogens (tertiary/aromatic N) is 1. The Morgan fingerprint density at radius 2 is 1.83 bits per heavy atom. The minimum absolute atomic E-state index is 0. The van der Waals surface area contributed by atoms with E-state index in [1.165, 1.54) is 10.8 Å². The molecule has 3 nitrogen and oxygen atoms in total. The van der Waals surface area contributed by atoms with Crippen LogP contribution in [-0.4, -0.2) is 16.5 Å². The quantitative estimate of drug-likeness (QED) is 0.760. The highest BCUT2D eigenvalue weighted by atomic mass is 35.5. The molecule has 0 saturated carbocycles. The Labute approximate surface area is 118 Å². The van der Waals surface area contributed by atoms with Crippen LogP contribution in [0.5, 0.6) is 0 Å². The van der Waals surface area contributed by atoms with Crippen molar-refractivity contribution in [3.63, 3.8) is 0 Å². The molecule has 0 aliphatic heterocycles. The van der Waals surface area contributed by atoms with Crippen molar-refractivity contribution in [3.05, 3.63) is 42.2 Å². The first-order chi connectivity index (χ1) is 7.88. The van der Waals surface area contributed by atoms with E-state index >= 15 is 0 Å². The van der Waals surface area contributed by atoms with Gasteiger partial charge in [-0.3, -0.25) is 0 Å². The topological polar surface area (TPSA) is 54.7 Å². The Balaban J connectivity index is 0.000000810. The van der Waals surface area contributed by atoms with Crippen molar-refractivity contribution in [2.45, 2.75) is 6.42 Å². The summed E-state index contributed by atoms with van der Waals surface area (Å²) in [7, 11) is 0. The third-order valence-electron chi connectivity index (χ3n) is 2.81. The lowest BCUT2D eigenvalue weighted by molar-refractivity contribution is 0.900. The third-order valence-corrected chi connectivity index (χ3v) is 2.81. The monoisotopic (exact) mass is 283 g/mol. The van der Waals surface area contributed by atoms with Gasteiger partial charge in [0.1, 0.15) is 5.82 Å². The molecule has 1 heterocycles. The smallest absolute Gasteiger partial charge is 0.108 e. The third kappa shape index (κ3) is 2.43. The maximum absolute atomic E-state index is 5.54. The molecule has 0 unspecified atom stereocenters. The highest BCUT2D eigenvalue weighted by Gasteiger charge is 2.05. The Morgan fingerprint density at radius 3 is 2.61 bits per heavy atom. The number of rotatable bonds is 2. The van der Waals surface area contributed by atoms with Crippen molar-refractivity contribution in [2.75, 3.05) is 6.54 Å². The lowest BCUT2D eigenvalue weighted by Gasteiger charge is -1.96. The second-order valence-corrected chi connectivity index (χ2v) is 3.91. The van der Waals surface area contributed by atoms with E-state index in [1.807, 2.05) is 12.1 Å². The molecule has 1 aromatic heterocycles. The molecule has 0 amide bonds. The molecular weight excluding hydrogens is 269 g/mol. The van der Waals surface area contributed by atoms with Crippen molar-refractivity contribution in [2.24, 2.45) is 5.73 Å². The van der Waals surface area contributed by atoms with Gasteiger partial charge >= 0.3 is 0 Å². The largest absolute Gasteiger partial charge is 0.342 e. The number of hydrogen-bond acceptors (Lipinski definition) is 2. The molecule has 0 saturated heterocycles. The first-order valence-corrected chi connectivity index (χ1v) is 5.45. The summed E-state index contributed by atoms with van der Waals surface area (Å²) < 4.78 is 0. The molecule has 0 aliphatic rings. The molecular formula is C13H15Cl2N3. The normalized spacial score (nSPS) is 10.1. The van der Waals surface area contributed by atoms with Crippen LogP contribution in [0.4, 0.5) is 0 Å². The lowest BCUT2D eigenvalue weighted by atomic mass is 10.1. The van der Waals surface area contributed by atoms with Crippen LogP contribution < -0.4 is 5.73 Å².